The van der Waals surface area contributed by atoms with Crippen LogP contribution in [0.1, 0.15) is 88.8 Å². The lowest BCUT2D eigenvalue weighted by Crippen LogP contribution is -2.59. The Morgan fingerprint density at radius 3 is 2.24 bits per heavy atom. The molecule has 3 aliphatic rings. The van der Waals surface area contributed by atoms with E-state index in [4.69, 9.17) is 0 Å². The molecule has 6 aromatic carbocycles. The second-order valence-electron chi connectivity index (χ2n) is 18.7. The lowest BCUT2D eigenvalue weighted by Gasteiger charge is -2.36. The van der Waals surface area contributed by atoms with E-state index in [0.717, 1.165) is 23.5 Å². The maximum atomic E-state index is 4.46. The SMILES string of the molecule is C=C/C1=C\c2c(C)c3cc4c5cc(C(C)CC)ccc5n5c4c4c3n2-c2cc(ccc2B4c2cc(C(C)(C)C)ccc2-5)N(c2ccccc2)c2cccc(c2)C1(C)C. The fourth-order valence-corrected chi connectivity index (χ4v) is 10.6. The highest BCUT2D eigenvalue weighted by Gasteiger charge is 2.42. The molecule has 2 aromatic heterocycles. The molecule has 0 saturated carbocycles. The van der Waals surface area contributed by atoms with Gasteiger partial charge in [-0.15, -0.1) is 0 Å². The Balaban J connectivity index is 1.35. The van der Waals surface area contributed by atoms with Crippen LogP contribution in [-0.2, 0) is 10.8 Å². The molecular weight excluding hydrogens is 701 g/mol. The Bertz CT molecular complexity index is 3110. The number of anilines is 3. The number of aromatic nitrogens is 2. The van der Waals surface area contributed by atoms with Gasteiger partial charge in [-0.2, -0.15) is 0 Å². The van der Waals surface area contributed by atoms with Crippen LogP contribution in [0, 0.1) is 6.92 Å². The number of para-hydroxylation sites is 1. The summed E-state index contributed by atoms with van der Waals surface area (Å²) >= 11 is 0. The average Bonchev–Trinajstić information content (AvgIpc) is 3.71. The topological polar surface area (TPSA) is 13.1 Å². The van der Waals surface area contributed by atoms with E-state index in [2.05, 4.69) is 203 Å². The predicted octanol–water partition coefficient (Wildman–Crippen LogP) is 12.3. The van der Waals surface area contributed by atoms with E-state index in [9.17, 15) is 0 Å². The molecule has 0 spiro atoms. The third-order valence-electron chi connectivity index (χ3n) is 14.2. The summed E-state index contributed by atoms with van der Waals surface area (Å²) in [5.74, 6) is 0.490. The van der Waals surface area contributed by atoms with E-state index in [-0.39, 0.29) is 17.5 Å². The molecule has 0 N–H and O–H groups in total. The van der Waals surface area contributed by atoms with Crippen LogP contribution in [0.15, 0.2) is 133 Å². The van der Waals surface area contributed by atoms with Crippen molar-refractivity contribution in [3.63, 3.8) is 0 Å². The zero-order valence-electron chi connectivity index (χ0n) is 35.0. The Morgan fingerprint density at radius 2 is 1.48 bits per heavy atom. The van der Waals surface area contributed by atoms with Crippen LogP contribution in [0.25, 0.3) is 50.2 Å². The standard InChI is InChI=1S/C54H50BN3/c1-10-32(3)34-20-24-46-42(26-34)43-31-41-33(4)48-29-35(11-2)54(8,9)37-16-15-19-39(27-37)56(38-17-13-12-14-18-38)40-22-23-44-49(30-40)58(48)51(41)50-52(43)57(46)47-25-21-36(53(5,6)7)28-45(47)55(44)50/h11-32H,2,10H2,1,3-9H3/b35-29+. The monoisotopic (exact) mass is 751 g/mol. The van der Waals surface area contributed by atoms with Crippen LogP contribution in [0.2, 0.25) is 0 Å². The van der Waals surface area contributed by atoms with Crippen molar-refractivity contribution in [1.82, 2.24) is 9.13 Å². The Morgan fingerprint density at radius 1 is 0.724 bits per heavy atom. The van der Waals surface area contributed by atoms with Crippen LogP contribution in [-0.4, -0.2) is 15.8 Å². The van der Waals surface area contributed by atoms with E-state index in [1.165, 1.54) is 94.0 Å². The van der Waals surface area contributed by atoms with Crippen molar-refractivity contribution in [2.24, 2.45) is 0 Å². The Hall–Kier alpha value is -6.00. The fourth-order valence-electron chi connectivity index (χ4n) is 10.6. The number of hydrogen-bond donors (Lipinski definition) is 0. The van der Waals surface area contributed by atoms with Crippen LogP contribution in [0.3, 0.4) is 0 Å². The normalized spacial score (nSPS) is 16.4. The van der Waals surface area contributed by atoms with Gasteiger partial charge in [-0.1, -0.05) is 116 Å². The second kappa shape index (κ2) is 12.0. The van der Waals surface area contributed by atoms with Crippen molar-refractivity contribution < 1.29 is 0 Å². The maximum Gasteiger partial charge on any atom is 0.252 e. The first-order valence-corrected chi connectivity index (χ1v) is 21.2. The smallest absolute Gasteiger partial charge is 0.252 e. The van der Waals surface area contributed by atoms with Gasteiger partial charge >= 0.3 is 0 Å². The molecule has 3 aliphatic heterocycles. The van der Waals surface area contributed by atoms with Gasteiger partial charge in [0, 0.05) is 55.7 Å². The third-order valence-corrected chi connectivity index (χ3v) is 14.2. The predicted molar refractivity (Wildman–Crippen MR) is 250 cm³/mol. The number of allylic oxidation sites excluding steroid dienone is 2. The summed E-state index contributed by atoms with van der Waals surface area (Å²) in [7, 11) is 0. The van der Waals surface area contributed by atoms with Crippen molar-refractivity contribution in [3.8, 4) is 11.4 Å². The molecule has 4 heteroatoms. The van der Waals surface area contributed by atoms with Crippen LogP contribution in [0.5, 0.6) is 0 Å². The molecule has 5 heterocycles. The van der Waals surface area contributed by atoms with Crippen LogP contribution in [0.4, 0.5) is 17.1 Å². The van der Waals surface area contributed by atoms with E-state index in [0.29, 0.717) is 5.92 Å². The summed E-state index contributed by atoms with van der Waals surface area (Å²) in [4.78, 5) is 2.43. The minimum absolute atomic E-state index is 0.00306. The third kappa shape index (κ3) is 4.63. The Kier molecular flexibility index (Phi) is 7.29. The molecule has 0 radical (unpaired) electrons. The van der Waals surface area contributed by atoms with Gasteiger partial charge in [0.25, 0.3) is 6.71 Å². The molecule has 11 rings (SSSR count). The first kappa shape index (κ1) is 35.2. The summed E-state index contributed by atoms with van der Waals surface area (Å²) in [5.41, 5.74) is 21.5. The quantitative estimate of drug-likeness (QED) is 0.163. The molecule has 1 unspecified atom stereocenters. The summed E-state index contributed by atoms with van der Waals surface area (Å²) in [6.45, 7) is 23.2. The fraction of sp³-hybridized carbons (Fsp3) is 0.222. The molecule has 0 fully saturated rings. The van der Waals surface area contributed by atoms with Crippen molar-refractivity contribution in [2.75, 3.05) is 4.90 Å². The molecule has 284 valence electrons. The van der Waals surface area contributed by atoms with Gasteiger partial charge < -0.3 is 14.0 Å². The van der Waals surface area contributed by atoms with Crippen LogP contribution >= 0.6 is 0 Å². The summed E-state index contributed by atoms with van der Waals surface area (Å²) in [6.07, 6.45) is 5.65. The first-order valence-electron chi connectivity index (χ1n) is 21.2. The van der Waals surface area contributed by atoms with Gasteiger partial charge in [-0.05, 0) is 136 Å². The minimum atomic E-state index is -0.309. The molecule has 58 heavy (non-hydrogen) atoms. The molecule has 8 aromatic rings. The summed E-state index contributed by atoms with van der Waals surface area (Å²) in [6, 6.07) is 44.4. The molecule has 0 aliphatic carbocycles. The lowest BCUT2D eigenvalue weighted by atomic mass is 9.34. The van der Waals surface area contributed by atoms with Gasteiger partial charge in [0.2, 0.25) is 0 Å². The summed E-state index contributed by atoms with van der Waals surface area (Å²) < 4.78 is 5.23. The molecule has 4 bridgehead atoms. The first-order chi connectivity index (χ1) is 27.9. The number of hydrogen-bond acceptors (Lipinski definition) is 1. The highest BCUT2D eigenvalue weighted by Crippen LogP contribution is 2.46. The maximum absolute atomic E-state index is 4.46. The molecule has 0 amide bonds. The van der Waals surface area contributed by atoms with Crippen molar-refractivity contribution >= 4 is 78.9 Å². The zero-order valence-corrected chi connectivity index (χ0v) is 35.0. The highest BCUT2D eigenvalue weighted by molar-refractivity contribution is 7.00. The van der Waals surface area contributed by atoms with E-state index < -0.39 is 0 Å². The van der Waals surface area contributed by atoms with Gasteiger partial charge in [0.05, 0.1) is 16.6 Å². The number of benzene rings is 6. The molecular formula is C54H50BN3. The largest absolute Gasteiger partial charge is 0.310 e. The lowest BCUT2D eigenvalue weighted by molar-refractivity contribution is 0.590. The second-order valence-corrected chi connectivity index (χ2v) is 18.7. The molecule has 1 atom stereocenters. The minimum Gasteiger partial charge on any atom is -0.310 e. The number of nitrogens with zero attached hydrogens (tertiary/aromatic N) is 3. The van der Waals surface area contributed by atoms with E-state index in [1.54, 1.807) is 0 Å². The van der Waals surface area contributed by atoms with Crippen LogP contribution < -0.4 is 21.3 Å². The van der Waals surface area contributed by atoms with Crippen molar-refractivity contribution in [2.45, 2.75) is 78.6 Å². The number of rotatable bonds is 4. The summed E-state index contributed by atoms with van der Waals surface area (Å²) in [5, 5.41) is 4.02. The van der Waals surface area contributed by atoms with Gasteiger partial charge in [0.15, 0.2) is 0 Å². The zero-order chi connectivity index (χ0) is 40.0. The van der Waals surface area contributed by atoms with Gasteiger partial charge in [0.1, 0.15) is 0 Å². The Labute approximate surface area is 343 Å². The molecule has 0 saturated heterocycles. The highest BCUT2D eigenvalue weighted by atomic mass is 15.1. The van der Waals surface area contributed by atoms with Crippen molar-refractivity contribution in [1.29, 1.82) is 0 Å². The van der Waals surface area contributed by atoms with E-state index in [1.807, 2.05) is 0 Å². The average molecular weight is 752 g/mol. The van der Waals surface area contributed by atoms with Crippen molar-refractivity contribution in [3.05, 3.63) is 161 Å². The number of aryl methyl sites for hydroxylation is 1. The number of fused-ring (bicyclic) bond motifs is 10. The van der Waals surface area contributed by atoms with E-state index >= 15 is 0 Å². The van der Waals surface area contributed by atoms with Gasteiger partial charge in [-0.3, -0.25) is 0 Å². The molecule has 3 nitrogen and oxygen atoms in total. The van der Waals surface area contributed by atoms with Gasteiger partial charge in [-0.25, -0.2) is 0 Å².